The summed E-state index contributed by atoms with van der Waals surface area (Å²) in [5.74, 6) is 0. The standard InChI is InChI=1S/C33H47N3O2Si/c1-27(30-20-14-9-15-21-30)34-32(37)35-31(22-23-38-39(5,6)33(2,3)4)26-36(24-28-16-10-7-11-17-28)25-29-18-12-8-13-19-29/h7-21,27,31H,22-26H2,1-6H3,(H2,34,35,37)/t27?,31-/m1/s1. The summed E-state index contributed by atoms with van der Waals surface area (Å²) in [6.07, 6.45) is 0.750. The average molecular weight is 546 g/mol. The lowest BCUT2D eigenvalue weighted by molar-refractivity contribution is 0.191. The van der Waals surface area contributed by atoms with E-state index in [9.17, 15) is 4.79 Å². The molecular formula is C33H47N3O2Si. The van der Waals surface area contributed by atoms with Gasteiger partial charge < -0.3 is 15.1 Å². The van der Waals surface area contributed by atoms with Crippen molar-refractivity contribution in [3.8, 4) is 0 Å². The molecule has 210 valence electrons. The second kappa shape index (κ2) is 14.5. The zero-order valence-corrected chi connectivity index (χ0v) is 25.6. The van der Waals surface area contributed by atoms with E-state index >= 15 is 0 Å². The van der Waals surface area contributed by atoms with E-state index in [1.54, 1.807) is 0 Å². The number of carbonyl (C=O) groups is 1. The zero-order valence-electron chi connectivity index (χ0n) is 24.6. The molecular weight excluding hydrogens is 498 g/mol. The fraction of sp³-hybridized carbons (Fsp3) is 0.424. The lowest BCUT2D eigenvalue weighted by Gasteiger charge is -2.37. The highest BCUT2D eigenvalue weighted by Crippen LogP contribution is 2.36. The second-order valence-electron chi connectivity index (χ2n) is 12.0. The summed E-state index contributed by atoms with van der Waals surface area (Å²) in [5, 5.41) is 6.56. The number of rotatable bonds is 13. The highest BCUT2D eigenvalue weighted by atomic mass is 28.4. The minimum Gasteiger partial charge on any atom is -0.417 e. The normalized spacial score (nSPS) is 13.6. The number of carbonyl (C=O) groups excluding carboxylic acids is 1. The van der Waals surface area contributed by atoms with E-state index in [1.807, 2.05) is 49.4 Å². The van der Waals surface area contributed by atoms with E-state index < -0.39 is 8.32 Å². The van der Waals surface area contributed by atoms with Gasteiger partial charge in [0.2, 0.25) is 0 Å². The van der Waals surface area contributed by atoms with Crippen molar-refractivity contribution in [3.05, 3.63) is 108 Å². The first-order valence-corrected chi connectivity index (χ1v) is 17.0. The van der Waals surface area contributed by atoms with Crippen molar-refractivity contribution in [1.29, 1.82) is 0 Å². The molecule has 0 heterocycles. The minimum atomic E-state index is -1.89. The third-order valence-corrected chi connectivity index (χ3v) is 12.2. The Morgan fingerprint density at radius 1 is 0.821 bits per heavy atom. The summed E-state index contributed by atoms with van der Waals surface area (Å²) in [4.78, 5) is 15.6. The fourth-order valence-corrected chi connectivity index (χ4v) is 5.37. The van der Waals surface area contributed by atoms with E-state index in [0.29, 0.717) is 6.61 Å². The summed E-state index contributed by atoms with van der Waals surface area (Å²) < 4.78 is 6.52. The van der Waals surface area contributed by atoms with Crippen molar-refractivity contribution >= 4 is 14.3 Å². The smallest absolute Gasteiger partial charge is 0.315 e. The number of amides is 2. The molecule has 3 aromatic rings. The van der Waals surface area contributed by atoms with Crippen molar-refractivity contribution in [3.63, 3.8) is 0 Å². The van der Waals surface area contributed by atoms with Crippen LogP contribution in [0.25, 0.3) is 0 Å². The zero-order chi connectivity index (χ0) is 28.3. The van der Waals surface area contributed by atoms with Crippen LogP contribution < -0.4 is 10.6 Å². The molecule has 0 aliphatic carbocycles. The largest absolute Gasteiger partial charge is 0.417 e. The van der Waals surface area contributed by atoms with Crippen LogP contribution in [0.4, 0.5) is 4.79 Å². The molecule has 0 aromatic heterocycles. The highest BCUT2D eigenvalue weighted by molar-refractivity contribution is 6.74. The molecule has 2 N–H and O–H groups in total. The van der Waals surface area contributed by atoms with Crippen LogP contribution in [0.1, 0.15) is 56.8 Å². The molecule has 0 saturated carbocycles. The monoisotopic (exact) mass is 545 g/mol. The maximum Gasteiger partial charge on any atom is 0.315 e. The van der Waals surface area contributed by atoms with Gasteiger partial charge >= 0.3 is 6.03 Å². The van der Waals surface area contributed by atoms with Gasteiger partial charge in [0.25, 0.3) is 0 Å². The van der Waals surface area contributed by atoms with E-state index in [-0.39, 0.29) is 23.2 Å². The van der Waals surface area contributed by atoms with Crippen LogP contribution in [0, 0.1) is 0 Å². The molecule has 3 aromatic carbocycles. The van der Waals surface area contributed by atoms with Crippen LogP contribution >= 0.6 is 0 Å². The van der Waals surface area contributed by atoms with E-state index in [1.165, 1.54) is 11.1 Å². The van der Waals surface area contributed by atoms with Crippen molar-refractivity contribution in [2.45, 2.75) is 77.4 Å². The molecule has 0 fully saturated rings. The van der Waals surface area contributed by atoms with E-state index in [4.69, 9.17) is 4.43 Å². The predicted octanol–water partition coefficient (Wildman–Crippen LogP) is 7.53. The van der Waals surface area contributed by atoms with Gasteiger partial charge in [-0.25, -0.2) is 4.79 Å². The number of nitrogens with one attached hydrogen (secondary N) is 2. The van der Waals surface area contributed by atoms with Crippen molar-refractivity contribution < 1.29 is 9.22 Å². The van der Waals surface area contributed by atoms with Crippen LogP contribution in [-0.4, -0.2) is 38.4 Å². The Hall–Kier alpha value is -2.93. The topological polar surface area (TPSA) is 53.6 Å². The first-order valence-electron chi connectivity index (χ1n) is 14.1. The molecule has 5 nitrogen and oxygen atoms in total. The molecule has 2 amide bonds. The van der Waals surface area contributed by atoms with Crippen LogP contribution in [0.2, 0.25) is 18.1 Å². The van der Waals surface area contributed by atoms with E-state index in [0.717, 1.165) is 31.6 Å². The lowest BCUT2D eigenvalue weighted by Crippen LogP contribution is -2.49. The molecule has 0 radical (unpaired) electrons. The van der Waals surface area contributed by atoms with Gasteiger partial charge in [-0.2, -0.15) is 0 Å². The maximum atomic E-state index is 13.2. The molecule has 0 saturated heterocycles. The SMILES string of the molecule is CC(NC(=O)N[C@H](CCO[Si](C)(C)C(C)(C)C)CN(Cc1ccccc1)Cc1ccccc1)c1ccccc1. The van der Waals surface area contributed by atoms with Gasteiger partial charge in [-0.1, -0.05) is 112 Å². The van der Waals surface area contributed by atoms with Gasteiger partial charge in [-0.15, -0.1) is 0 Å². The molecule has 0 bridgehead atoms. The van der Waals surface area contributed by atoms with Crippen LogP contribution in [-0.2, 0) is 17.5 Å². The van der Waals surface area contributed by atoms with Gasteiger partial charge in [0, 0.05) is 32.3 Å². The number of hydrogen-bond acceptors (Lipinski definition) is 3. The molecule has 2 atom stereocenters. The Kier molecular flexibility index (Phi) is 11.3. The average Bonchev–Trinajstić information content (AvgIpc) is 2.89. The number of hydrogen-bond donors (Lipinski definition) is 2. The van der Waals surface area contributed by atoms with Gasteiger partial charge in [0.05, 0.1) is 6.04 Å². The van der Waals surface area contributed by atoms with Crippen molar-refractivity contribution in [1.82, 2.24) is 15.5 Å². The minimum absolute atomic E-state index is 0.0647. The van der Waals surface area contributed by atoms with Crippen molar-refractivity contribution in [2.24, 2.45) is 0 Å². The Labute approximate surface area is 237 Å². The maximum absolute atomic E-state index is 13.2. The fourth-order valence-electron chi connectivity index (χ4n) is 4.31. The lowest BCUT2D eigenvalue weighted by atomic mass is 10.1. The first kappa shape index (κ1) is 30.6. The quantitative estimate of drug-likeness (QED) is 0.218. The molecule has 3 rings (SSSR count). The summed E-state index contributed by atoms with van der Waals surface area (Å²) in [6.45, 7) is 16.3. The second-order valence-corrected chi connectivity index (χ2v) is 16.8. The van der Waals surface area contributed by atoms with Gasteiger partial charge in [-0.05, 0) is 48.2 Å². The third-order valence-electron chi connectivity index (χ3n) is 7.69. The van der Waals surface area contributed by atoms with Gasteiger partial charge in [0.15, 0.2) is 8.32 Å². The van der Waals surface area contributed by atoms with Crippen LogP contribution in [0.15, 0.2) is 91.0 Å². The van der Waals surface area contributed by atoms with Crippen LogP contribution in [0.5, 0.6) is 0 Å². The Morgan fingerprint density at radius 2 is 1.31 bits per heavy atom. The molecule has 0 spiro atoms. The molecule has 6 heteroatoms. The predicted molar refractivity (Wildman–Crippen MR) is 165 cm³/mol. The summed E-state index contributed by atoms with van der Waals surface area (Å²) >= 11 is 0. The first-order chi connectivity index (χ1) is 18.5. The molecule has 0 aliphatic heterocycles. The summed E-state index contributed by atoms with van der Waals surface area (Å²) in [6, 6.07) is 30.8. The van der Waals surface area contributed by atoms with Gasteiger partial charge in [-0.3, -0.25) is 4.90 Å². The Balaban J connectivity index is 1.74. The molecule has 39 heavy (non-hydrogen) atoms. The van der Waals surface area contributed by atoms with Crippen LogP contribution in [0.3, 0.4) is 0 Å². The van der Waals surface area contributed by atoms with Crippen molar-refractivity contribution in [2.75, 3.05) is 13.2 Å². The molecule has 1 unspecified atom stereocenters. The number of urea groups is 1. The summed E-state index contributed by atoms with van der Waals surface area (Å²) in [5.41, 5.74) is 3.60. The molecule has 0 aliphatic rings. The Bertz CT molecular complexity index is 1080. The highest BCUT2D eigenvalue weighted by Gasteiger charge is 2.37. The Morgan fingerprint density at radius 3 is 1.79 bits per heavy atom. The number of benzene rings is 3. The van der Waals surface area contributed by atoms with Gasteiger partial charge in [0.1, 0.15) is 0 Å². The summed E-state index contributed by atoms with van der Waals surface area (Å²) in [7, 11) is -1.89. The van der Waals surface area contributed by atoms with E-state index in [2.05, 4.69) is 97.9 Å². The third kappa shape index (κ3) is 10.3. The number of nitrogens with zero attached hydrogens (tertiary/aromatic N) is 1.